The first-order valence-corrected chi connectivity index (χ1v) is 6.66. The highest BCUT2D eigenvalue weighted by Crippen LogP contribution is 2.23. The molecule has 14 heavy (non-hydrogen) atoms. The molecule has 1 aliphatic rings. The van der Waals surface area contributed by atoms with E-state index in [4.69, 9.17) is 5.73 Å². The number of carbonyl (C=O) groups is 1. The van der Waals surface area contributed by atoms with E-state index in [0.717, 1.165) is 31.6 Å². The van der Waals surface area contributed by atoms with Crippen LogP contribution in [-0.4, -0.2) is 30.5 Å². The number of thioether (sulfide) groups is 1. The second-order valence-electron chi connectivity index (χ2n) is 3.85. The molecule has 1 rings (SSSR count). The summed E-state index contributed by atoms with van der Waals surface area (Å²) in [5.74, 6) is 1.03. The predicted molar refractivity (Wildman–Crippen MR) is 61.3 cm³/mol. The van der Waals surface area contributed by atoms with Crippen molar-refractivity contribution in [2.24, 2.45) is 11.7 Å². The monoisotopic (exact) mass is 216 g/mol. The highest BCUT2D eigenvalue weighted by atomic mass is 32.2. The molecule has 4 heteroatoms. The van der Waals surface area contributed by atoms with Crippen molar-refractivity contribution >= 4 is 17.7 Å². The average molecular weight is 216 g/mol. The molecule has 0 heterocycles. The Labute approximate surface area is 90.2 Å². The molecule has 0 spiro atoms. The molecule has 0 saturated heterocycles. The Bertz CT molecular complexity index is 187. The largest absolute Gasteiger partial charge is 0.369 e. The van der Waals surface area contributed by atoms with Crippen LogP contribution < -0.4 is 11.1 Å². The summed E-state index contributed by atoms with van der Waals surface area (Å²) >= 11 is 1.82. The van der Waals surface area contributed by atoms with Crippen molar-refractivity contribution in [3.63, 3.8) is 0 Å². The summed E-state index contributed by atoms with van der Waals surface area (Å²) in [7, 11) is 0. The van der Waals surface area contributed by atoms with Crippen LogP contribution >= 0.6 is 11.8 Å². The third kappa shape index (κ3) is 3.50. The first kappa shape index (κ1) is 11.9. The predicted octanol–water partition coefficient (Wildman–Crippen LogP) is 0.983. The molecule has 0 aliphatic heterocycles. The molecule has 3 N–H and O–H groups in total. The molecule has 0 radical (unpaired) electrons. The highest BCUT2D eigenvalue weighted by Gasteiger charge is 2.28. The van der Waals surface area contributed by atoms with Crippen LogP contribution in [0.25, 0.3) is 0 Å². The van der Waals surface area contributed by atoms with Crippen molar-refractivity contribution in [2.45, 2.75) is 31.7 Å². The topological polar surface area (TPSA) is 55.1 Å². The van der Waals surface area contributed by atoms with Crippen LogP contribution in [0.1, 0.15) is 25.7 Å². The molecule has 0 aromatic heterocycles. The molecule has 0 aromatic rings. The van der Waals surface area contributed by atoms with Crippen LogP contribution in [0.5, 0.6) is 0 Å². The van der Waals surface area contributed by atoms with Crippen LogP contribution in [0.3, 0.4) is 0 Å². The second-order valence-corrected chi connectivity index (χ2v) is 4.83. The van der Waals surface area contributed by atoms with Gasteiger partial charge in [0.15, 0.2) is 0 Å². The zero-order valence-electron chi connectivity index (χ0n) is 8.79. The van der Waals surface area contributed by atoms with Crippen LogP contribution in [0.4, 0.5) is 0 Å². The molecule has 1 saturated carbocycles. The standard InChI is InChI=1S/C10H20N2OS/c1-14-7-6-12-9-5-3-2-4-8(9)10(11)13/h8-9,12H,2-7H2,1H3,(H2,11,13). The van der Waals surface area contributed by atoms with Crippen molar-refractivity contribution in [1.82, 2.24) is 5.32 Å². The maximum atomic E-state index is 11.2. The zero-order valence-corrected chi connectivity index (χ0v) is 9.61. The second kappa shape index (κ2) is 6.30. The van der Waals surface area contributed by atoms with E-state index in [1.165, 1.54) is 6.42 Å². The van der Waals surface area contributed by atoms with Gasteiger partial charge in [0.2, 0.25) is 5.91 Å². The number of nitrogens with two attached hydrogens (primary N) is 1. The van der Waals surface area contributed by atoms with Crippen molar-refractivity contribution < 1.29 is 4.79 Å². The van der Waals surface area contributed by atoms with E-state index in [1.807, 2.05) is 11.8 Å². The first-order valence-electron chi connectivity index (χ1n) is 5.27. The van der Waals surface area contributed by atoms with E-state index in [2.05, 4.69) is 11.6 Å². The summed E-state index contributed by atoms with van der Waals surface area (Å²) in [6, 6.07) is 0.327. The van der Waals surface area contributed by atoms with E-state index in [1.54, 1.807) is 0 Å². The summed E-state index contributed by atoms with van der Waals surface area (Å²) in [4.78, 5) is 11.2. The van der Waals surface area contributed by atoms with E-state index >= 15 is 0 Å². The Balaban J connectivity index is 2.34. The van der Waals surface area contributed by atoms with Gasteiger partial charge in [0.25, 0.3) is 0 Å². The number of amides is 1. The van der Waals surface area contributed by atoms with E-state index in [9.17, 15) is 4.79 Å². The van der Waals surface area contributed by atoms with Gasteiger partial charge in [-0.2, -0.15) is 11.8 Å². The van der Waals surface area contributed by atoms with Crippen LogP contribution in [0.15, 0.2) is 0 Å². The normalized spacial score (nSPS) is 27.5. The van der Waals surface area contributed by atoms with Crippen LogP contribution in [-0.2, 0) is 4.79 Å². The number of carbonyl (C=O) groups excluding carboxylic acids is 1. The lowest BCUT2D eigenvalue weighted by molar-refractivity contribution is -0.123. The molecule has 0 bridgehead atoms. The third-order valence-electron chi connectivity index (χ3n) is 2.84. The minimum atomic E-state index is -0.133. The zero-order chi connectivity index (χ0) is 10.4. The minimum absolute atomic E-state index is 0.0607. The Kier molecular flexibility index (Phi) is 5.33. The number of hydrogen-bond donors (Lipinski definition) is 2. The van der Waals surface area contributed by atoms with Gasteiger partial charge < -0.3 is 11.1 Å². The Hall–Kier alpha value is -0.220. The summed E-state index contributed by atoms with van der Waals surface area (Å²) in [6.45, 7) is 0.982. The molecule has 1 amide bonds. The molecule has 2 atom stereocenters. The van der Waals surface area contributed by atoms with Gasteiger partial charge in [-0.05, 0) is 19.1 Å². The fourth-order valence-electron chi connectivity index (χ4n) is 2.06. The van der Waals surface area contributed by atoms with Gasteiger partial charge in [0.1, 0.15) is 0 Å². The SMILES string of the molecule is CSCCNC1CCCCC1C(N)=O. The van der Waals surface area contributed by atoms with Gasteiger partial charge in [-0.1, -0.05) is 12.8 Å². The summed E-state index contributed by atoms with van der Waals surface area (Å²) in [5.41, 5.74) is 5.38. The number of hydrogen-bond acceptors (Lipinski definition) is 3. The van der Waals surface area contributed by atoms with Crippen molar-refractivity contribution in [1.29, 1.82) is 0 Å². The van der Waals surface area contributed by atoms with Gasteiger partial charge in [-0.3, -0.25) is 4.79 Å². The lowest BCUT2D eigenvalue weighted by atomic mass is 9.84. The number of primary amides is 1. The first-order chi connectivity index (χ1) is 6.75. The lowest BCUT2D eigenvalue weighted by Gasteiger charge is -2.30. The molecule has 0 aromatic carbocycles. The van der Waals surface area contributed by atoms with E-state index < -0.39 is 0 Å². The Morgan fingerprint density at radius 2 is 2.21 bits per heavy atom. The molecule has 2 unspecified atom stereocenters. The summed E-state index contributed by atoms with van der Waals surface area (Å²) in [6.07, 6.45) is 6.53. The average Bonchev–Trinajstić information content (AvgIpc) is 2.19. The molecule has 3 nitrogen and oxygen atoms in total. The maximum absolute atomic E-state index is 11.2. The molecule has 1 fully saturated rings. The quantitative estimate of drug-likeness (QED) is 0.674. The van der Waals surface area contributed by atoms with Crippen molar-refractivity contribution in [3.05, 3.63) is 0 Å². The maximum Gasteiger partial charge on any atom is 0.222 e. The lowest BCUT2D eigenvalue weighted by Crippen LogP contribution is -2.45. The number of rotatable bonds is 5. The van der Waals surface area contributed by atoms with E-state index in [-0.39, 0.29) is 11.8 Å². The molecular weight excluding hydrogens is 196 g/mol. The Morgan fingerprint density at radius 1 is 1.50 bits per heavy atom. The van der Waals surface area contributed by atoms with Gasteiger partial charge in [-0.25, -0.2) is 0 Å². The smallest absolute Gasteiger partial charge is 0.222 e. The highest BCUT2D eigenvalue weighted by molar-refractivity contribution is 7.98. The van der Waals surface area contributed by atoms with Gasteiger partial charge in [0.05, 0.1) is 5.92 Å². The van der Waals surface area contributed by atoms with Crippen LogP contribution in [0, 0.1) is 5.92 Å². The van der Waals surface area contributed by atoms with Gasteiger partial charge in [-0.15, -0.1) is 0 Å². The summed E-state index contributed by atoms with van der Waals surface area (Å²) < 4.78 is 0. The fourth-order valence-corrected chi connectivity index (χ4v) is 2.38. The minimum Gasteiger partial charge on any atom is -0.369 e. The number of nitrogens with one attached hydrogen (secondary N) is 1. The molecule has 82 valence electrons. The van der Waals surface area contributed by atoms with Gasteiger partial charge >= 0.3 is 0 Å². The molecule has 1 aliphatic carbocycles. The van der Waals surface area contributed by atoms with E-state index in [0.29, 0.717) is 6.04 Å². The summed E-state index contributed by atoms with van der Waals surface area (Å²) in [5, 5.41) is 3.43. The molecular formula is C10H20N2OS. The van der Waals surface area contributed by atoms with Crippen LogP contribution in [0.2, 0.25) is 0 Å². The van der Waals surface area contributed by atoms with Crippen molar-refractivity contribution in [3.8, 4) is 0 Å². The van der Waals surface area contributed by atoms with Gasteiger partial charge in [0, 0.05) is 18.3 Å². The fraction of sp³-hybridized carbons (Fsp3) is 0.900. The Morgan fingerprint density at radius 3 is 2.86 bits per heavy atom. The third-order valence-corrected chi connectivity index (χ3v) is 3.46. The van der Waals surface area contributed by atoms with Crippen molar-refractivity contribution in [2.75, 3.05) is 18.6 Å².